The number of Topliss-reactive ketones (excluding diaryl/α,β-unsaturated/α-hetero) is 1. The van der Waals surface area contributed by atoms with Gasteiger partial charge in [0.1, 0.15) is 5.78 Å². The smallest absolute Gasteiger partial charge is 0.143 e. The van der Waals surface area contributed by atoms with Gasteiger partial charge in [-0.25, -0.2) is 0 Å². The van der Waals surface area contributed by atoms with Crippen LogP contribution in [0, 0.1) is 13.8 Å². The molecule has 1 aromatic rings. The average molecular weight is 191 g/mol. The second-order valence-corrected chi connectivity index (χ2v) is 3.72. The molecule has 1 rings (SSSR count). The second-order valence-electron chi connectivity index (χ2n) is 3.72. The minimum absolute atomic E-state index is 0.175. The molecule has 0 saturated heterocycles. The lowest BCUT2D eigenvalue weighted by atomic mass is 10.1. The van der Waals surface area contributed by atoms with Gasteiger partial charge >= 0.3 is 0 Å². The summed E-state index contributed by atoms with van der Waals surface area (Å²) >= 11 is 0. The van der Waals surface area contributed by atoms with Crippen LogP contribution in [0.4, 0.5) is 0 Å². The van der Waals surface area contributed by atoms with E-state index in [4.69, 9.17) is 0 Å². The molecule has 0 unspecified atom stereocenters. The van der Waals surface area contributed by atoms with Crippen LogP contribution in [-0.4, -0.2) is 12.3 Å². The zero-order chi connectivity index (χ0) is 10.6. The molecule has 0 aliphatic heterocycles. The van der Waals surface area contributed by atoms with E-state index in [1.807, 2.05) is 0 Å². The van der Waals surface area contributed by atoms with Crippen LogP contribution in [0.2, 0.25) is 0 Å². The molecule has 0 fully saturated rings. The Morgan fingerprint density at radius 1 is 1.29 bits per heavy atom. The Kier molecular flexibility index (Phi) is 3.84. The Bertz CT molecular complexity index is 331. The summed E-state index contributed by atoms with van der Waals surface area (Å²) in [5.74, 6) is 0.175. The first-order chi connectivity index (χ1) is 6.59. The first-order valence-corrected chi connectivity index (χ1v) is 4.86. The molecule has 0 aliphatic carbocycles. The van der Waals surface area contributed by atoms with Crippen molar-refractivity contribution in [1.82, 2.24) is 5.32 Å². The largest absolute Gasteiger partial charge is 0.306 e. The van der Waals surface area contributed by atoms with Crippen LogP contribution in [0.15, 0.2) is 18.2 Å². The second kappa shape index (κ2) is 4.91. The third-order valence-corrected chi connectivity index (χ3v) is 2.27. The molecule has 0 aliphatic rings. The lowest BCUT2D eigenvalue weighted by Crippen LogP contribution is -2.20. The monoisotopic (exact) mass is 191 g/mol. The number of carbonyl (C=O) groups excluding carboxylic acids is 1. The first-order valence-electron chi connectivity index (χ1n) is 4.86. The van der Waals surface area contributed by atoms with Gasteiger partial charge in [-0.15, -0.1) is 0 Å². The van der Waals surface area contributed by atoms with E-state index in [9.17, 15) is 4.79 Å². The lowest BCUT2D eigenvalue weighted by Gasteiger charge is -2.05. The van der Waals surface area contributed by atoms with Crippen LogP contribution >= 0.6 is 0 Å². The van der Waals surface area contributed by atoms with Crippen LogP contribution in [-0.2, 0) is 11.3 Å². The highest BCUT2D eigenvalue weighted by Crippen LogP contribution is 2.09. The van der Waals surface area contributed by atoms with Crippen molar-refractivity contribution >= 4 is 5.78 Å². The minimum atomic E-state index is 0.175. The Labute approximate surface area is 85.3 Å². The molecule has 0 bridgehead atoms. The van der Waals surface area contributed by atoms with Crippen molar-refractivity contribution < 1.29 is 4.79 Å². The van der Waals surface area contributed by atoms with Gasteiger partial charge in [0.2, 0.25) is 0 Å². The zero-order valence-electron chi connectivity index (χ0n) is 9.05. The predicted octanol–water partition coefficient (Wildman–Crippen LogP) is 1.98. The Morgan fingerprint density at radius 2 is 2.00 bits per heavy atom. The molecule has 2 nitrogen and oxygen atoms in total. The summed E-state index contributed by atoms with van der Waals surface area (Å²) in [5, 5.41) is 3.10. The summed E-state index contributed by atoms with van der Waals surface area (Å²) in [7, 11) is 0. The standard InChI is InChI=1S/C12H17NO/c1-9-4-5-12(6-10(9)2)8-13-7-11(3)14/h4-6,13H,7-8H2,1-3H3. The summed E-state index contributed by atoms with van der Waals surface area (Å²) in [4.78, 5) is 10.7. The van der Waals surface area contributed by atoms with Crippen LogP contribution < -0.4 is 5.32 Å². The van der Waals surface area contributed by atoms with Crippen LogP contribution in [0.1, 0.15) is 23.6 Å². The van der Waals surface area contributed by atoms with Gasteiger partial charge in [-0.2, -0.15) is 0 Å². The Morgan fingerprint density at radius 3 is 2.57 bits per heavy atom. The summed E-state index contributed by atoms with van der Waals surface area (Å²) in [6.45, 7) is 7.01. The van der Waals surface area contributed by atoms with Crippen molar-refractivity contribution in [2.24, 2.45) is 0 Å². The first kappa shape index (κ1) is 10.9. The fourth-order valence-corrected chi connectivity index (χ4v) is 1.30. The minimum Gasteiger partial charge on any atom is -0.306 e. The number of hydrogen-bond donors (Lipinski definition) is 1. The number of benzene rings is 1. The quantitative estimate of drug-likeness (QED) is 0.788. The normalized spacial score (nSPS) is 10.2. The molecular formula is C12H17NO. The molecule has 0 amide bonds. The molecule has 1 aromatic carbocycles. The van der Waals surface area contributed by atoms with E-state index >= 15 is 0 Å². The van der Waals surface area contributed by atoms with Crippen LogP contribution in [0.25, 0.3) is 0 Å². The van der Waals surface area contributed by atoms with E-state index < -0.39 is 0 Å². The molecule has 14 heavy (non-hydrogen) atoms. The maximum absolute atomic E-state index is 10.7. The van der Waals surface area contributed by atoms with E-state index in [0.717, 1.165) is 6.54 Å². The van der Waals surface area contributed by atoms with Crippen molar-refractivity contribution in [2.75, 3.05) is 6.54 Å². The summed E-state index contributed by atoms with van der Waals surface area (Å²) in [6, 6.07) is 6.36. The molecule has 0 heterocycles. The van der Waals surface area contributed by atoms with Crippen LogP contribution in [0.5, 0.6) is 0 Å². The summed E-state index contributed by atoms with van der Waals surface area (Å²) in [5.41, 5.74) is 3.83. The fraction of sp³-hybridized carbons (Fsp3) is 0.417. The van der Waals surface area contributed by atoms with Gasteiger partial charge in [0.15, 0.2) is 0 Å². The molecule has 2 heteroatoms. The lowest BCUT2D eigenvalue weighted by molar-refractivity contribution is -0.116. The zero-order valence-corrected chi connectivity index (χ0v) is 9.05. The van der Waals surface area contributed by atoms with Crippen molar-refractivity contribution in [2.45, 2.75) is 27.3 Å². The molecule has 1 N–H and O–H groups in total. The van der Waals surface area contributed by atoms with Gasteiger partial charge in [0.05, 0.1) is 6.54 Å². The van der Waals surface area contributed by atoms with Gasteiger partial charge in [0.25, 0.3) is 0 Å². The molecule has 0 spiro atoms. The Balaban J connectivity index is 2.51. The highest BCUT2D eigenvalue weighted by molar-refractivity contribution is 5.77. The maximum atomic E-state index is 10.7. The van der Waals surface area contributed by atoms with Gasteiger partial charge in [-0.3, -0.25) is 4.79 Å². The number of nitrogens with one attached hydrogen (secondary N) is 1. The van der Waals surface area contributed by atoms with Crippen molar-refractivity contribution in [3.63, 3.8) is 0 Å². The van der Waals surface area contributed by atoms with E-state index in [0.29, 0.717) is 6.54 Å². The number of carbonyl (C=O) groups is 1. The third-order valence-electron chi connectivity index (χ3n) is 2.27. The van der Waals surface area contributed by atoms with E-state index in [2.05, 4.69) is 37.4 Å². The molecule has 0 saturated carbocycles. The number of aryl methyl sites for hydroxylation is 2. The van der Waals surface area contributed by atoms with E-state index in [1.165, 1.54) is 16.7 Å². The highest BCUT2D eigenvalue weighted by Gasteiger charge is 1.97. The Hall–Kier alpha value is -1.15. The fourth-order valence-electron chi connectivity index (χ4n) is 1.30. The highest BCUT2D eigenvalue weighted by atomic mass is 16.1. The number of hydrogen-bond acceptors (Lipinski definition) is 2. The van der Waals surface area contributed by atoms with E-state index in [1.54, 1.807) is 6.92 Å². The molecular weight excluding hydrogens is 174 g/mol. The SMILES string of the molecule is CC(=O)CNCc1ccc(C)c(C)c1. The van der Waals surface area contributed by atoms with Crippen molar-refractivity contribution in [3.8, 4) is 0 Å². The third kappa shape index (κ3) is 3.30. The van der Waals surface area contributed by atoms with Gasteiger partial charge in [-0.1, -0.05) is 18.2 Å². The topological polar surface area (TPSA) is 29.1 Å². The number of rotatable bonds is 4. The van der Waals surface area contributed by atoms with Crippen LogP contribution in [0.3, 0.4) is 0 Å². The van der Waals surface area contributed by atoms with Gasteiger partial charge in [0, 0.05) is 6.54 Å². The summed E-state index contributed by atoms with van der Waals surface area (Å²) < 4.78 is 0. The van der Waals surface area contributed by atoms with Gasteiger partial charge < -0.3 is 5.32 Å². The van der Waals surface area contributed by atoms with Crippen molar-refractivity contribution in [3.05, 3.63) is 34.9 Å². The predicted molar refractivity (Wildman–Crippen MR) is 58.3 cm³/mol. The van der Waals surface area contributed by atoms with Crippen molar-refractivity contribution in [1.29, 1.82) is 0 Å². The van der Waals surface area contributed by atoms with Gasteiger partial charge in [-0.05, 0) is 37.5 Å². The van der Waals surface area contributed by atoms with E-state index in [-0.39, 0.29) is 5.78 Å². The number of ketones is 1. The average Bonchev–Trinajstić information content (AvgIpc) is 2.10. The summed E-state index contributed by atoms with van der Waals surface area (Å²) in [6.07, 6.45) is 0. The molecule has 76 valence electrons. The molecule has 0 atom stereocenters. The molecule has 0 radical (unpaired) electrons. The maximum Gasteiger partial charge on any atom is 0.143 e. The molecule has 0 aromatic heterocycles.